The summed E-state index contributed by atoms with van der Waals surface area (Å²) in [5, 5.41) is 0. The number of hydrogen-bond donors (Lipinski definition) is 0. The van der Waals surface area contributed by atoms with Crippen molar-refractivity contribution in [3.8, 4) is 11.5 Å². The van der Waals surface area contributed by atoms with Gasteiger partial charge in [0.25, 0.3) is 5.56 Å². The van der Waals surface area contributed by atoms with Crippen LogP contribution in [0.5, 0.6) is 11.5 Å². The molecular weight excluding hydrogens is 459 g/mol. The molecule has 176 valence electrons. The van der Waals surface area contributed by atoms with E-state index in [1.54, 1.807) is 50.2 Å². The van der Waals surface area contributed by atoms with Gasteiger partial charge in [-0.3, -0.25) is 9.36 Å². The fourth-order valence-electron chi connectivity index (χ4n) is 3.95. The molecule has 1 aliphatic heterocycles. The Balaban J connectivity index is 2.04. The molecule has 34 heavy (non-hydrogen) atoms. The third-order valence-electron chi connectivity index (χ3n) is 5.44. The molecule has 7 nitrogen and oxygen atoms in total. The van der Waals surface area contributed by atoms with Crippen molar-refractivity contribution in [2.75, 3.05) is 20.8 Å². The van der Waals surface area contributed by atoms with Crippen LogP contribution in [0.1, 0.15) is 31.0 Å². The van der Waals surface area contributed by atoms with Gasteiger partial charge in [0.1, 0.15) is 11.9 Å². The third kappa shape index (κ3) is 4.03. The van der Waals surface area contributed by atoms with Crippen LogP contribution in [0.2, 0.25) is 0 Å². The summed E-state index contributed by atoms with van der Waals surface area (Å²) >= 11 is 1.12. The molecule has 0 saturated carbocycles. The first-order valence-corrected chi connectivity index (χ1v) is 11.4. The van der Waals surface area contributed by atoms with Crippen LogP contribution in [0.25, 0.3) is 6.08 Å². The highest BCUT2D eigenvalue weighted by Crippen LogP contribution is 2.40. The summed E-state index contributed by atoms with van der Waals surface area (Å²) in [6.07, 6.45) is 1.49. The number of fused-ring (bicyclic) bond motifs is 1. The van der Waals surface area contributed by atoms with Crippen LogP contribution in [0, 0.1) is 5.82 Å². The largest absolute Gasteiger partial charge is 0.493 e. The first kappa shape index (κ1) is 23.4. The number of carbonyl (C=O) groups is 1. The smallest absolute Gasteiger partial charge is 0.338 e. The predicted octanol–water partition coefficient (Wildman–Crippen LogP) is 2.95. The molecule has 2 aromatic carbocycles. The van der Waals surface area contributed by atoms with E-state index in [1.165, 1.54) is 30.9 Å². The van der Waals surface area contributed by atoms with Crippen LogP contribution in [0.4, 0.5) is 4.39 Å². The SMILES string of the molecule is CCOC(=O)C1=C(C)N=c2sc(=Cc3ccccc3F)c(=O)n2C1c1cccc(OC)c1OC. The van der Waals surface area contributed by atoms with E-state index in [9.17, 15) is 14.0 Å². The maximum absolute atomic E-state index is 14.3. The van der Waals surface area contributed by atoms with E-state index in [1.807, 2.05) is 0 Å². The van der Waals surface area contributed by atoms with Crippen LogP contribution < -0.4 is 24.4 Å². The number of ether oxygens (including phenoxy) is 3. The third-order valence-corrected chi connectivity index (χ3v) is 6.42. The van der Waals surface area contributed by atoms with Crippen molar-refractivity contribution in [1.29, 1.82) is 0 Å². The van der Waals surface area contributed by atoms with Gasteiger partial charge in [0.2, 0.25) is 0 Å². The molecule has 9 heteroatoms. The van der Waals surface area contributed by atoms with Crippen LogP contribution in [-0.4, -0.2) is 31.4 Å². The summed E-state index contributed by atoms with van der Waals surface area (Å²) in [5.41, 5.74) is 1.06. The van der Waals surface area contributed by atoms with Crippen LogP contribution in [0.15, 0.2) is 63.5 Å². The average Bonchev–Trinajstić information content (AvgIpc) is 3.13. The van der Waals surface area contributed by atoms with Gasteiger partial charge in [0.05, 0.1) is 36.6 Å². The zero-order valence-electron chi connectivity index (χ0n) is 19.1. The van der Waals surface area contributed by atoms with Gasteiger partial charge in [-0.2, -0.15) is 0 Å². The second kappa shape index (κ2) is 9.64. The summed E-state index contributed by atoms with van der Waals surface area (Å²) in [7, 11) is 3.00. The van der Waals surface area contributed by atoms with Crippen LogP contribution in [-0.2, 0) is 9.53 Å². The van der Waals surface area contributed by atoms with E-state index < -0.39 is 23.4 Å². The molecule has 0 aliphatic carbocycles. The van der Waals surface area contributed by atoms with E-state index in [0.717, 1.165) is 11.3 Å². The van der Waals surface area contributed by atoms with Crippen molar-refractivity contribution in [2.45, 2.75) is 19.9 Å². The van der Waals surface area contributed by atoms with E-state index in [2.05, 4.69) is 4.99 Å². The number of aromatic nitrogens is 1. The lowest BCUT2D eigenvalue weighted by Crippen LogP contribution is -2.40. The number of esters is 1. The fourth-order valence-corrected chi connectivity index (χ4v) is 4.98. The molecule has 0 N–H and O–H groups in total. The molecule has 1 unspecified atom stereocenters. The maximum atomic E-state index is 14.3. The summed E-state index contributed by atoms with van der Waals surface area (Å²) < 4.78 is 32.3. The lowest BCUT2D eigenvalue weighted by molar-refractivity contribution is -0.139. The van der Waals surface area contributed by atoms with E-state index in [-0.39, 0.29) is 22.3 Å². The van der Waals surface area contributed by atoms with E-state index in [0.29, 0.717) is 27.6 Å². The second-order valence-electron chi connectivity index (χ2n) is 7.41. The molecule has 0 fully saturated rings. The van der Waals surface area contributed by atoms with Gasteiger partial charge >= 0.3 is 5.97 Å². The van der Waals surface area contributed by atoms with Crippen molar-refractivity contribution < 1.29 is 23.4 Å². The van der Waals surface area contributed by atoms with Crippen molar-refractivity contribution in [1.82, 2.24) is 4.57 Å². The Labute approximate surface area is 199 Å². The average molecular weight is 483 g/mol. The Morgan fingerprint density at radius 2 is 1.94 bits per heavy atom. The van der Waals surface area contributed by atoms with Gasteiger partial charge in [-0.05, 0) is 32.1 Å². The molecule has 1 atom stereocenters. The van der Waals surface area contributed by atoms with Crippen LogP contribution in [0.3, 0.4) is 0 Å². The summed E-state index contributed by atoms with van der Waals surface area (Å²) in [5.74, 6) is -0.189. The summed E-state index contributed by atoms with van der Waals surface area (Å²) in [6.45, 7) is 3.56. The van der Waals surface area contributed by atoms with Crippen molar-refractivity contribution >= 4 is 23.4 Å². The molecule has 3 aromatic rings. The molecule has 0 radical (unpaired) electrons. The van der Waals surface area contributed by atoms with Gasteiger partial charge in [-0.1, -0.05) is 41.7 Å². The van der Waals surface area contributed by atoms with E-state index in [4.69, 9.17) is 14.2 Å². The molecule has 1 aromatic heterocycles. The van der Waals surface area contributed by atoms with Gasteiger partial charge in [-0.15, -0.1) is 0 Å². The first-order chi connectivity index (χ1) is 16.4. The minimum atomic E-state index is -0.872. The Hall–Kier alpha value is -3.72. The summed E-state index contributed by atoms with van der Waals surface area (Å²) in [4.78, 5) is 31.5. The van der Waals surface area contributed by atoms with Gasteiger partial charge in [-0.25, -0.2) is 14.2 Å². The Morgan fingerprint density at radius 1 is 1.18 bits per heavy atom. The number of hydrogen-bond acceptors (Lipinski definition) is 7. The highest BCUT2D eigenvalue weighted by molar-refractivity contribution is 7.07. The number of methoxy groups -OCH3 is 2. The molecule has 2 heterocycles. The standard InChI is InChI=1S/C25H23FN2O5S/c1-5-33-24(30)20-14(2)27-25-28(21(20)16-10-8-12-18(31-3)22(16)32-4)23(29)19(34-25)13-15-9-6-7-11-17(15)26/h6-13,21H,5H2,1-4H3. The molecule has 0 bridgehead atoms. The minimum absolute atomic E-state index is 0.162. The number of para-hydroxylation sites is 1. The Bertz CT molecular complexity index is 1470. The van der Waals surface area contributed by atoms with E-state index >= 15 is 0 Å². The molecule has 0 spiro atoms. The Kier molecular flexibility index (Phi) is 6.65. The highest BCUT2D eigenvalue weighted by atomic mass is 32.1. The second-order valence-corrected chi connectivity index (χ2v) is 8.42. The normalized spacial score (nSPS) is 15.6. The first-order valence-electron chi connectivity index (χ1n) is 10.6. The lowest BCUT2D eigenvalue weighted by Gasteiger charge is -2.26. The Morgan fingerprint density at radius 3 is 2.62 bits per heavy atom. The number of halogens is 1. The number of allylic oxidation sites excluding steroid dienone is 1. The maximum Gasteiger partial charge on any atom is 0.338 e. The number of rotatable bonds is 6. The van der Waals surface area contributed by atoms with Gasteiger partial charge < -0.3 is 14.2 Å². The fraction of sp³-hybridized carbons (Fsp3) is 0.240. The van der Waals surface area contributed by atoms with Gasteiger partial charge in [0, 0.05) is 11.1 Å². The summed E-state index contributed by atoms with van der Waals surface area (Å²) in [6, 6.07) is 10.6. The zero-order chi connectivity index (χ0) is 24.4. The number of thiazole rings is 1. The van der Waals surface area contributed by atoms with Crippen molar-refractivity contribution in [3.63, 3.8) is 0 Å². The van der Waals surface area contributed by atoms with Crippen molar-refractivity contribution in [2.24, 2.45) is 4.99 Å². The predicted molar refractivity (Wildman–Crippen MR) is 126 cm³/mol. The van der Waals surface area contributed by atoms with Gasteiger partial charge in [0.15, 0.2) is 16.3 Å². The molecule has 1 aliphatic rings. The van der Waals surface area contributed by atoms with Crippen molar-refractivity contribution in [3.05, 3.63) is 90.4 Å². The monoisotopic (exact) mass is 482 g/mol. The molecular formula is C25H23FN2O5S. The molecule has 0 saturated heterocycles. The number of carbonyl (C=O) groups excluding carboxylic acids is 1. The minimum Gasteiger partial charge on any atom is -0.493 e. The number of nitrogens with zero attached hydrogens (tertiary/aromatic N) is 2. The van der Waals surface area contributed by atoms with Crippen LogP contribution >= 0.6 is 11.3 Å². The molecule has 4 rings (SSSR count). The molecule has 0 amide bonds. The topological polar surface area (TPSA) is 79.1 Å². The number of benzene rings is 2. The lowest BCUT2D eigenvalue weighted by atomic mass is 9.94. The highest BCUT2D eigenvalue weighted by Gasteiger charge is 2.35. The quantitative estimate of drug-likeness (QED) is 0.505. The zero-order valence-corrected chi connectivity index (χ0v) is 19.9.